The first-order valence-corrected chi connectivity index (χ1v) is 7.95. The van der Waals surface area contributed by atoms with Gasteiger partial charge in [0.05, 0.1) is 4.92 Å². The highest BCUT2D eigenvalue weighted by molar-refractivity contribution is 5.93. The second-order valence-electron chi connectivity index (χ2n) is 6.08. The molecule has 0 aliphatic carbocycles. The quantitative estimate of drug-likeness (QED) is 0.586. The molecule has 1 amide bonds. The van der Waals surface area contributed by atoms with E-state index in [0.717, 1.165) is 38.4 Å². The molecule has 7 heteroatoms. The number of nitrogens with zero attached hydrogens (tertiary/aromatic N) is 2. The van der Waals surface area contributed by atoms with Crippen LogP contribution in [0.1, 0.15) is 35.2 Å². The first-order chi connectivity index (χ1) is 11.0. The fraction of sp³-hybridized carbons (Fsp3) is 0.562. The van der Waals surface area contributed by atoms with Crippen LogP contribution >= 0.6 is 0 Å². The minimum Gasteiger partial charge on any atom is -0.366 e. The maximum Gasteiger partial charge on any atom is 0.274 e. The standard InChI is InChI=1S/C16H24N4O3/c1-18-7-4-12-5-8-19(9-6-12)11-14-3-2-13(16(17)21)10-15(14)20(22)23/h2-3,10,12,18H,4-9,11H2,1H3,(H2,17,21). The number of nitrogens with two attached hydrogens (primary N) is 1. The Labute approximate surface area is 136 Å². The number of hydrogen-bond acceptors (Lipinski definition) is 5. The van der Waals surface area contributed by atoms with E-state index in [1.54, 1.807) is 12.1 Å². The Bertz CT molecular complexity index is 568. The van der Waals surface area contributed by atoms with E-state index in [9.17, 15) is 14.9 Å². The lowest BCUT2D eigenvalue weighted by Crippen LogP contribution is -2.34. The van der Waals surface area contributed by atoms with Gasteiger partial charge in [0.15, 0.2) is 0 Å². The number of likely N-dealkylation sites (tertiary alicyclic amines) is 1. The molecular formula is C16H24N4O3. The Morgan fingerprint density at radius 1 is 1.43 bits per heavy atom. The molecule has 1 fully saturated rings. The SMILES string of the molecule is CNCCC1CCN(Cc2ccc(C(N)=O)cc2[N+](=O)[O-])CC1. The maximum absolute atomic E-state index is 11.2. The average Bonchev–Trinajstić information content (AvgIpc) is 2.54. The summed E-state index contributed by atoms with van der Waals surface area (Å²) < 4.78 is 0. The molecule has 1 aromatic carbocycles. The minimum absolute atomic E-state index is 0.0291. The van der Waals surface area contributed by atoms with Gasteiger partial charge in [0.2, 0.25) is 5.91 Å². The molecule has 0 spiro atoms. The van der Waals surface area contributed by atoms with Crippen LogP contribution in [0, 0.1) is 16.0 Å². The zero-order chi connectivity index (χ0) is 16.8. The zero-order valence-corrected chi connectivity index (χ0v) is 13.5. The van der Waals surface area contributed by atoms with Crippen molar-refractivity contribution in [2.75, 3.05) is 26.7 Å². The van der Waals surface area contributed by atoms with Crippen LogP contribution in [0.15, 0.2) is 18.2 Å². The van der Waals surface area contributed by atoms with Crippen LogP contribution in [0.5, 0.6) is 0 Å². The van der Waals surface area contributed by atoms with Crippen LogP contribution in [0.2, 0.25) is 0 Å². The molecule has 0 aromatic heterocycles. The maximum atomic E-state index is 11.2. The van der Waals surface area contributed by atoms with Crippen molar-refractivity contribution < 1.29 is 9.72 Å². The van der Waals surface area contributed by atoms with Gasteiger partial charge in [-0.05, 0) is 57.9 Å². The third kappa shape index (κ3) is 4.74. The lowest BCUT2D eigenvalue weighted by atomic mass is 9.93. The second kappa shape index (κ2) is 8.03. The minimum atomic E-state index is -0.648. The highest BCUT2D eigenvalue weighted by Gasteiger charge is 2.22. The Morgan fingerprint density at radius 3 is 2.70 bits per heavy atom. The van der Waals surface area contributed by atoms with E-state index in [2.05, 4.69) is 10.2 Å². The van der Waals surface area contributed by atoms with Crippen molar-refractivity contribution in [3.8, 4) is 0 Å². The number of piperidine rings is 1. The summed E-state index contributed by atoms with van der Waals surface area (Å²) in [5.74, 6) is 0.0796. The monoisotopic (exact) mass is 320 g/mol. The molecule has 0 bridgehead atoms. The highest BCUT2D eigenvalue weighted by Crippen LogP contribution is 2.25. The summed E-state index contributed by atoms with van der Waals surface area (Å²) in [7, 11) is 1.96. The lowest BCUT2D eigenvalue weighted by molar-refractivity contribution is -0.385. The first kappa shape index (κ1) is 17.4. The number of nitro benzene ring substituents is 1. The van der Waals surface area contributed by atoms with Crippen molar-refractivity contribution in [1.82, 2.24) is 10.2 Å². The molecule has 126 valence electrons. The van der Waals surface area contributed by atoms with Crippen LogP contribution < -0.4 is 11.1 Å². The van der Waals surface area contributed by atoms with Crippen molar-refractivity contribution in [2.24, 2.45) is 11.7 Å². The molecule has 0 radical (unpaired) electrons. The van der Waals surface area contributed by atoms with Crippen molar-refractivity contribution in [1.29, 1.82) is 0 Å². The molecule has 1 aromatic rings. The van der Waals surface area contributed by atoms with Crippen LogP contribution in [0.4, 0.5) is 5.69 Å². The molecule has 0 unspecified atom stereocenters. The predicted octanol–water partition coefficient (Wildman–Crippen LogP) is 1.52. The topological polar surface area (TPSA) is 102 Å². The lowest BCUT2D eigenvalue weighted by Gasteiger charge is -2.31. The number of nitrogens with one attached hydrogen (secondary N) is 1. The van der Waals surface area contributed by atoms with Gasteiger partial charge in [-0.25, -0.2) is 0 Å². The summed E-state index contributed by atoms with van der Waals surface area (Å²) >= 11 is 0. The highest BCUT2D eigenvalue weighted by atomic mass is 16.6. The third-order valence-electron chi connectivity index (χ3n) is 4.47. The van der Waals surface area contributed by atoms with Gasteiger partial charge >= 0.3 is 0 Å². The number of primary amides is 1. The van der Waals surface area contributed by atoms with Gasteiger partial charge in [-0.2, -0.15) is 0 Å². The molecule has 2 rings (SSSR count). The number of nitro groups is 1. The van der Waals surface area contributed by atoms with Crippen LogP contribution in [-0.4, -0.2) is 42.4 Å². The smallest absolute Gasteiger partial charge is 0.274 e. The molecule has 1 heterocycles. The summed E-state index contributed by atoms with van der Waals surface area (Å²) in [6.07, 6.45) is 3.42. The van der Waals surface area contributed by atoms with E-state index < -0.39 is 10.8 Å². The zero-order valence-electron chi connectivity index (χ0n) is 13.5. The number of carbonyl (C=O) groups excluding carboxylic acids is 1. The number of carbonyl (C=O) groups is 1. The molecule has 1 aliphatic heterocycles. The van der Waals surface area contributed by atoms with Gasteiger partial charge in [-0.1, -0.05) is 6.07 Å². The van der Waals surface area contributed by atoms with E-state index in [-0.39, 0.29) is 11.3 Å². The molecular weight excluding hydrogens is 296 g/mol. The molecule has 3 N–H and O–H groups in total. The van der Waals surface area contributed by atoms with E-state index >= 15 is 0 Å². The fourth-order valence-corrected chi connectivity index (χ4v) is 3.04. The summed E-state index contributed by atoms with van der Waals surface area (Å²) in [5.41, 5.74) is 5.97. The molecule has 1 saturated heterocycles. The Balaban J connectivity index is 2.00. The molecule has 0 saturated carbocycles. The number of rotatable bonds is 7. The normalized spacial score (nSPS) is 16.4. The van der Waals surface area contributed by atoms with Crippen LogP contribution in [0.25, 0.3) is 0 Å². The van der Waals surface area contributed by atoms with E-state index in [4.69, 9.17) is 5.73 Å². The van der Waals surface area contributed by atoms with Gasteiger partial charge in [-0.3, -0.25) is 19.8 Å². The Hall–Kier alpha value is -1.99. The van der Waals surface area contributed by atoms with Crippen LogP contribution in [0.3, 0.4) is 0 Å². The van der Waals surface area contributed by atoms with Crippen molar-refractivity contribution in [3.63, 3.8) is 0 Å². The number of amides is 1. The first-order valence-electron chi connectivity index (χ1n) is 7.95. The van der Waals surface area contributed by atoms with Crippen molar-refractivity contribution >= 4 is 11.6 Å². The fourth-order valence-electron chi connectivity index (χ4n) is 3.04. The third-order valence-corrected chi connectivity index (χ3v) is 4.47. The van der Waals surface area contributed by atoms with Crippen molar-refractivity contribution in [3.05, 3.63) is 39.4 Å². The molecule has 7 nitrogen and oxygen atoms in total. The largest absolute Gasteiger partial charge is 0.366 e. The van der Waals surface area contributed by atoms with E-state index in [1.165, 1.54) is 12.5 Å². The average molecular weight is 320 g/mol. The van der Waals surface area contributed by atoms with E-state index in [0.29, 0.717) is 12.1 Å². The Morgan fingerprint density at radius 2 is 2.13 bits per heavy atom. The van der Waals surface area contributed by atoms with Gasteiger partial charge in [-0.15, -0.1) is 0 Å². The van der Waals surface area contributed by atoms with Gasteiger partial charge in [0.1, 0.15) is 0 Å². The van der Waals surface area contributed by atoms with Gasteiger partial charge in [0.25, 0.3) is 5.69 Å². The summed E-state index contributed by atoms with van der Waals surface area (Å²) in [6.45, 7) is 3.46. The number of benzene rings is 1. The summed E-state index contributed by atoms with van der Waals surface area (Å²) in [6, 6.07) is 4.48. The van der Waals surface area contributed by atoms with E-state index in [1.807, 2.05) is 7.05 Å². The van der Waals surface area contributed by atoms with Gasteiger partial charge < -0.3 is 11.1 Å². The molecule has 0 atom stereocenters. The molecule has 23 heavy (non-hydrogen) atoms. The van der Waals surface area contributed by atoms with Gasteiger partial charge in [0, 0.05) is 23.7 Å². The number of hydrogen-bond donors (Lipinski definition) is 2. The second-order valence-corrected chi connectivity index (χ2v) is 6.08. The molecule has 1 aliphatic rings. The summed E-state index contributed by atoms with van der Waals surface area (Å²) in [5, 5.41) is 14.4. The summed E-state index contributed by atoms with van der Waals surface area (Å²) in [4.78, 5) is 24.2. The van der Waals surface area contributed by atoms with Crippen LogP contribution in [-0.2, 0) is 6.54 Å². The Kier molecular flexibility index (Phi) is 6.06. The predicted molar refractivity (Wildman–Crippen MR) is 88.2 cm³/mol. The van der Waals surface area contributed by atoms with Crippen molar-refractivity contribution in [2.45, 2.75) is 25.8 Å².